The standard InChI is InChI=1S/C16H23N3O3/c1-10-14(20)18-12-9-11(5-6-13(12)22-10)7-8-17-15(21)19-16(2,3)4/h5-6,9-10H,7-8H2,1-4H3,(H,18,20)(H2,17,19,21). The van der Waals surface area contributed by atoms with Crippen molar-refractivity contribution in [3.8, 4) is 5.75 Å². The largest absolute Gasteiger partial charge is 0.479 e. The van der Waals surface area contributed by atoms with E-state index in [0.29, 0.717) is 24.4 Å². The Morgan fingerprint density at radius 3 is 2.77 bits per heavy atom. The fourth-order valence-corrected chi connectivity index (χ4v) is 2.12. The minimum Gasteiger partial charge on any atom is -0.479 e. The maximum atomic E-state index is 11.7. The summed E-state index contributed by atoms with van der Waals surface area (Å²) < 4.78 is 5.50. The molecule has 0 bridgehead atoms. The summed E-state index contributed by atoms with van der Waals surface area (Å²) in [6.07, 6.45) is 0.206. The van der Waals surface area contributed by atoms with Crippen LogP contribution in [0.1, 0.15) is 33.3 Å². The Morgan fingerprint density at radius 2 is 2.09 bits per heavy atom. The number of hydrogen-bond donors (Lipinski definition) is 3. The van der Waals surface area contributed by atoms with Gasteiger partial charge in [-0.1, -0.05) is 6.07 Å². The summed E-state index contributed by atoms with van der Waals surface area (Å²) in [4.78, 5) is 23.3. The predicted molar refractivity (Wildman–Crippen MR) is 85.2 cm³/mol. The van der Waals surface area contributed by atoms with E-state index in [1.165, 1.54) is 0 Å². The summed E-state index contributed by atoms with van der Waals surface area (Å²) in [5, 5.41) is 8.47. The Hall–Kier alpha value is -2.24. The van der Waals surface area contributed by atoms with Crippen LogP contribution in [-0.2, 0) is 11.2 Å². The zero-order valence-electron chi connectivity index (χ0n) is 13.4. The zero-order chi connectivity index (χ0) is 16.3. The van der Waals surface area contributed by atoms with Gasteiger partial charge in [-0.3, -0.25) is 4.79 Å². The van der Waals surface area contributed by atoms with Gasteiger partial charge in [0.05, 0.1) is 5.69 Å². The smallest absolute Gasteiger partial charge is 0.315 e. The molecule has 0 aromatic heterocycles. The molecular formula is C16H23N3O3. The molecule has 6 heteroatoms. The molecule has 22 heavy (non-hydrogen) atoms. The molecule has 0 saturated carbocycles. The van der Waals surface area contributed by atoms with Crippen molar-refractivity contribution in [2.45, 2.75) is 45.8 Å². The van der Waals surface area contributed by atoms with Crippen LogP contribution in [0.4, 0.5) is 10.5 Å². The molecule has 1 aliphatic rings. The van der Waals surface area contributed by atoms with E-state index in [0.717, 1.165) is 5.56 Å². The first-order valence-electron chi connectivity index (χ1n) is 7.41. The Morgan fingerprint density at radius 1 is 1.36 bits per heavy atom. The molecule has 1 aromatic rings. The van der Waals surface area contributed by atoms with Gasteiger partial charge in [-0.25, -0.2) is 4.79 Å². The third-order valence-electron chi connectivity index (χ3n) is 3.16. The van der Waals surface area contributed by atoms with Crippen molar-refractivity contribution in [2.75, 3.05) is 11.9 Å². The van der Waals surface area contributed by atoms with E-state index in [1.807, 2.05) is 39.0 Å². The highest BCUT2D eigenvalue weighted by Gasteiger charge is 2.23. The number of nitrogens with one attached hydrogen (secondary N) is 3. The summed E-state index contributed by atoms with van der Waals surface area (Å²) in [6, 6.07) is 5.47. The van der Waals surface area contributed by atoms with Crippen molar-refractivity contribution in [1.82, 2.24) is 10.6 Å². The third kappa shape index (κ3) is 4.38. The van der Waals surface area contributed by atoms with E-state index in [-0.39, 0.29) is 17.5 Å². The lowest BCUT2D eigenvalue weighted by Gasteiger charge is -2.23. The average Bonchev–Trinajstić information content (AvgIpc) is 2.38. The highest BCUT2D eigenvalue weighted by molar-refractivity contribution is 5.97. The van der Waals surface area contributed by atoms with Gasteiger partial charge in [0, 0.05) is 12.1 Å². The molecule has 1 heterocycles. The number of ether oxygens (including phenoxy) is 1. The lowest BCUT2D eigenvalue weighted by Crippen LogP contribution is -2.46. The van der Waals surface area contributed by atoms with E-state index in [1.54, 1.807) is 6.92 Å². The molecular weight excluding hydrogens is 282 g/mol. The molecule has 6 nitrogen and oxygen atoms in total. The van der Waals surface area contributed by atoms with Gasteiger partial charge in [-0.2, -0.15) is 0 Å². The summed E-state index contributed by atoms with van der Waals surface area (Å²) in [7, 11) is 0. The average molecular weight is 305 g/mol. The molecule has 120 valence electrons. The highest BCUT2D eigenvalue weighted by atomic mass is 16.5. The van der Waals surface area contributed by atoms with Gasteiger partial charge in [-0.15, -0.1) is 0 Å². The van der Waals surface area contributed by atoms with E-state index < -0.39 is 6.10 Å². The minimum absolute atomic E-state index is 0.146. The van der Waals surface area contributed by atoms with E-state index in [4.69, 9.17) is 4.74 Å². The summed E-state index contributed by atoms with van der Waals surface area (Å²) in [5.74, 6) is 0.529. The molecule has 1 atom stereocenters. The van der Waals surface area contributed by atoms with Crippen molar-refractivity contribution in [3.63, 3.8) is 0 Å². The molecule has 0 spiro atoms. The van der Waals surface area contributed by atoms with Crippen LogP contribution >= 0.6 is 0 Å². The molecule has 1 unspecified atom stereocenters. The molecule has 0 saturated heterocycles. The minimum atomic E-state index is -0.471. The van der Waals surface area contributed by atoms with Crippen LogP contribution in [0.25, 0.3) is 0 Å². The predicted octanol–water partition coefficient (Wildman–Crippen LogP) is 2.05. The molecule has 1 aromatic carbocycles. The summed E-state index contributed by atoms with van der Waals surface area (Å²) in [5.41, 5.74) is 1.45. The number of amides is 3. The van der Waals surface area contributed by atoms with Crippen LogP contribution in [0.3, 0.4) is 0 Å². The van der Waals surface area contributed by atoms with Crippen LogP contribution in [0.15, 0.2) is 18.2 Å². The van der Waals surface area contributed by atoms with Gasteiger partial charge in [-0.05, 0) is 51.8 Å². The second-order valence-electron chi connectivity index (χ2n) is 6.46. The maximum Gasteiger partial charge on any atom is 0.315 e. The fourth-order valence-electron chi connectivity index (χ4n) is 2.12. The van der Waals surface area contributed by atoms with Crippen LogP contribution in [0.2, 0.25) is 0 Å². The van der Waals surface area contributed by atoms with Crippen LogP contribution in [0, 0.1) is 0 Å². The van der Waals surface area contributed by atoms with Gasteiger partial charge in [0.25, 0.3) is 5.91 Å². The molecule has 3 amide bonds. The summed E-state index contributed by atoms with van der Waals surface area (Å²) >= 11 is 0. The Kier molecular flexibility index (Phi) is 4.59. The molecule has 3 N–H and O–H groups in total. The Balaban J connectivity index is 1.88. The molecule has 0 radical (unpaired) electrons. The molecule has 2 rings (SSSR count). The van der Waals surface area contributed by atoms with Gasteiger partial charge in [0.15, 0.2) is 6.10 Å². The second-order valence-corrected chi connectivity index (χ2v) is 6.46. The van der Waals surface area contributed by atoms with E-state index in [9.17, 15) is 9.59 Å². The normalized spacial score (nSPS) is 17.1. The Labute approximate surface area is 130 Å². The van der Waals surface area contributed by atoms with Crippen molar-refractivity contribution >= 4 is 17.6 Å². The SMILES string of the molecule is CC1Oc2ccc(CCNC(=O)NC(C)(C)C)cc2NC1=O. The molecule has 0 fully saturated rings. The lowest BCUT2D eigenvalue weighted by atomic mass is 10.1. The van der Waals surface area contributed by atoms with Crippen LogP contribution in [-0.4, -0.2) is 30.1 Å². The fraction of sp³-hybridized carbons (Fsp3) is 0.500. The van der Waals surface area contributed by atoms with Gasteiger partial charge < -0.3 is 20.7 Å². The quantitative estimate of drug-likeness (QED) is 0.799. The maximum absolute atomic E-state index is 11.7. The van der Waals surface area contributed by atoms with Gasteiger partial charge in [0.2, 0.25) is 0 Å². The Bertz CT molecular complexity index is 578. The first-order valence-corrected chi connectivity index (χ1v) is 7.41. The number of carbonyl (C=O) groups excluding carboxylic acids is 2. The van der Waals surface area contributed by atoms with Crippen LogP contribution in [0.5, 0.6) is 5.75 Å². The van der Waals surface area contributed by atoms with Crippen molar-refractivity contribution in [1.29, 1.82) is 0 Å². The van der Waals surface area contributed by atoms with Gasteiger partial charge >= 0.3 is 6.03 Å². The van der Waals surface area contributed by atoms with E-state index >= 15 is 0 Å². The number of benzene rings is 1. The van der Waals surface area contributed by atoms with E-state index in [2.05, 4.69) is 16.0 Å². The van der Waals surface area contributed by atoms with Gasteiger partial charge in [0.1, 0.15) is 5.75 Å². The topological polar surface area (TPSA) is 79.5 Å². The second kappa shape index (κ2) is 6.25. The highest BCUT2D eigenvalue weighted by Crippen LogP contribution is 2.30. The van der Waals surface area contributed by atoms with Crippen molar-refractivity contribution in [3.05, 3.63) is 23.8 Å². The van der Waals surface area contributed by atoms with Crippen molar-refractivity contribution in [2.24, 2.45) is 0 Å². The zero-order valence-corrected chi connectivity index (χ0v) is 13.4. The number of anilines is 1. The number of fused-ring (bicyclic) bond motifs is 1. The monoisotopic (exact) mass is 305 g/mol. The first-order chi connectivity index (χ1) is 10.2. The first kappa shape index (κ1) is 16.1. The third-order valence-corrected chi connectivity index (χ3v) is 3.16. The molecule has 0 aliphatic carbocycles. The van der Waals surface area contributed by atoms with Crippen molar-refractivity contribution < 1.29 is 14.3 Å². The van der Waals surface area contributed by atoms with Crippen LogP contribution < -0.4 is 20.7 Å². The number of hydrogen-bond acceptors (Lipinski definition) is 3. The number of urea groups is 1. The molecule has 1 aliphatic heterocycles. The number of rotatable bonds is 3. The summed E-state index contributed by atoms with van der Waals surface area (Å²) in [6.45, 7) is 8.02. The number of carbonyl (C=O) groups is 2. The lowest BCUT2D eigenvalue weighted by molar-refractivity contribution is -0.122.